The Balaban J connectivity index is 1.34. The van der Waals surface area contributed by atoms with Gasteiger partial charge in [0.05, 0.1) is 0 Å². The van der Waals surface area contributed by atoms with Crippen molar-refractivity contribution in [2.75, 3.05) is 13.1 Å². The summed E-state index contributed by atoms with van der Waals surface area (Å²) in [6.07, 6.45) is 5.10. The SMILES string of the molecule is CCCCc1ccc(C(=O)N2CCC(c3nc(-c4ccc(Br)cc4)no3)CC2)cc1. The van der Waals surface area contributed by atoms with Gasteiger partial charge in [0.25, 0.3) is 5.91 Å². The average Bonchev–Trinajstić information content (AvgIpc) is 3.28. The van der Waals surface area contributed by atoms with E-state index in [2.05, 4.69) is 45.1 Å². The van der Waals surface area contributed by atoms with Gasteiger partial charge in [-0.2, -0.15) is 4.98 Å². The highest BCUT2D eigenvalue weighted by atomic mass is 79.9. The maximum absolute atomic E-state index is 12.9. The molecule has 5 nitrogen and oxygen atoms in total. The highest BCUT2D eigenvalue weighted by Crippen LogP contribution is 2.29. The number of likely N-dealkylation sites (tertiary alicyclic amines) is 1. The van der Waals surface area contributed by atoms with Crippen LogP contribution in [0.15, 0.2) is 57.5 Å². The summed E-state index contributed by atoms with van der Waals surface area (Å²) in [6.45, 7) is 3.60. The molecule has 0 radical (unpaired) electrons. The lowest BCUT2D eigenvalue weighted by molar-refractivity contribution is 0.0704. The first kappa shape index (κ1) is 20.8. The molecule has 1 saturated heterocycles. The summed E-state index contributed by atoms with van der Waals surface area (Å²) in [6, 6.07) is 15.9. The predicted molar refractivity (Wildman–Crippen MR) is 120 cm³/mol. The van der Waals surface area contributed by atoms with Crippen LogP contribution in [-0.4, -0.2) is 34.0 Å². The van der Waals surface area contributed by atoms with Gasteiger partial charge in [-0.25, -0.2) is 0 Å². The number of halogens is 1. The second-order valence-corrected chi connectivity index (χ2v) is 8.75. The van der Waals surface area contributed by atoms with E-state index in [1.165, 1.54) is 18.4 Å². The van der Waals surface area contributed by atoms with E-state index in [-0.39, 0.29) is 11.8 Å². The van der Waals surface area contributed by atoms with Crippen LogP contribution in [0.3, 0.4) is 0 Å². The lowest BCUT2D eigenvalue weighted by atomic mass is 9.96. The number of rotatable bonds is 6. The number of carbonyl (C=O) groups is 1. The van der Waals surface area contributed by atoms with Crippen LogP contribution >= 0.6 is 15.9 Å². The quantitative estimate of drug-likeness (QED) is 0.455. The molecule has 0 N–H and O–H groups in total. The van der Waals surface area contributed by atoms with Gasteiger partial charge in [-0.3, -0.25) is 4.79 Å². The Morgan fingerprint density at radius 2 is 1.80 bits per heavy atom. The lowest BCUT2D eigenvalue weighted by Gasteiger charge is -2.30. The number of carbonyl (C=O) groups excluding carboxylic acids is 1. The molecule has 1 amide bonds. The number of hydrogen-bond donors (Lipinski definition) is 0. The zero-order valence-electron chi connectivity index (χ0n) is 17.2. The van der Waals surface area contributed by atoms with Crippen molar-refractivity contribution in [3.8, 4) is 11.4 Å². The Hall–Kier alpha value is -2.47. The first-order valence-corrected chi connectivity index (χ1v) is 11.4. The number of nitrogens with zero attached hydrogens (tertiary/aromatic N) is 3. The smallest absolute Gasteiger partial charge is 0.253 e. The molecule has 1 fully saturated rings. The molecular weight excluding hydrogens is 442 g/mol. The van der Waals surface area contributed by atoms with Gasteiger partial charge in [0.1, 0.15) is 0 Å². The van der Waals surface area contributed by atoms with Gasteiger partial charge in [0.15, 0.2) is 0 Å². The maximum Gasteiger partial charge on any atom is 0.253 e. The Morgan fingerprint density at radius 3 is 2.47 bits per heavy atom. The normalized spacial score (nSPS) is 14.8. The molecule has 0 bridgehead atoms. The summed E-state index contributed by atoms with van der Waals surface area (Å²) in [5.74, 6) is 1.58. The molecule has 4 rings (SSSR count). The van der Waals surface area contributed by atoms with Crippen molar-refractivity contribution in [1.82, 2.24) is 15.0 Å². The van der Waals surface area contributed by atoms with E-state index >= 15 is 0 Å². The van der Waals surface area contributed by atoms with Crippen LogP contribution < -0.4 is 0 Å². The van der Waals surface area contributed by atoms with Crippen LogP contribution in [0.2, 0.25) is 0 Å². The summed E-state index contributed by atoms with van der Waals surface area (Å²) in [7, 11) is 0. The number of aromatic nitrogens is 2. The van der Waals surface area contributed by atoms with Gasteiger partial charge in [0, 0.05) is 34.6 Å². The monoisotopic (exact) mass is 467 g/mol. The number of piperidine rings is 1. The Kier molecular flexibility index (Phi) is 6.62. The highest BCUT2D eigenvalue weighted by molar-refractivity contribution is 9.10. The van der Waals surface area contributed by atoms with Gasteiger partial charge < -0.3 is 9.42 Å². The van der Waals surface area contributed by atoms with Crippen LogP contribution in [0.5, 0.6) is 0 Å². The first-order valence-electron chi connectivity index (χ1n) is 10.6. The fourth-order valence-electron chi connectivity index (χ4n) is 3.82. The molecule has 1 aliphatic rings. The van der Waals surface area contributed by atoms with E-state index in [9.17, 15) is 4.79 Å². The lowest BCUT2D eigenvalue weighted by Crippen LogP contribution is -2.38. The zero-order chi connectivity index (χ0) is 20.9. The van der Waals surface area contributed by atoms with Crippen LogP contribution in [0.4, 0.5) is 0 Å². The van der Waals surface area contributed by atoms with Crippen LogP contribution in [-0.2, 0) is 6.42 Å². The molecule has 0 spiro atoms. The third-order valence-electron chi connectivity index (χ3n) is 5.70. The van der Waals surface area contributed by atoms with Crippen LogP contribution in [0.1, 0.15) is 60.3 Å². The highest BCUT2D eigenvalue weighted by Gasteiger charge is 2.28. The van der Waals surface area contributed by atoms with E-state index in [1.807, 2.05) is 41.3 Å². The molecule has 1 aliphatic heterocycles. The minimum atomic E-state index is 0.108. The molecule has 0 saturated carbocycles. The zero-order valence-corrected chi connectivity index (χ0v) is 18.8. The molecule has 30 heavy (non-hydrogen) atoms. The van der Waals surface area contributed by atoms with Crippen molar-refractivity contribution >= 4 is 21.8 Å². The fraction of sp³-hybridized carbons (Fsp3) is 0.375. The average molecular weight is 468 g/mol. The van der Waals surface area contributed by atoms with Crippen molar-refractivity contribution in [2.45, 2.75) is 44.9 Å². The van der Waals surface area contributed by atoms with Crippen molar-refractivity contribution in [3.63, 3.8) is 0 Å². The molecule has 1 aromatic heterocycles. The van der Waals surface area contributed by atoms with Crippen LogP contribution in [0, 0.1) is 0 Å². The standard InChI is InChI=1S/C24H26BrN3O2/c1-2-3-4-17-5-7-20(8-6-17)24(29)28-15-13-19(14-16-28)23-26-22(27-30-23)18-9-11-21(25)12-10-18/h5-12,19H,2-4,13-16H2,1H3. The molecule has 0 unspecified atom stereocenters. The summed E-state index contributed by atoms with van der Waals surface area (Å²) < 4.78 is 6.55. The molecule has 0 aliphatic carbocycles. The van der Waals surface area contributed by atoms with Gasteiger partial charge in [-0.05, 0) is 67.6 Å². The Morgan fingerprint density at radius 1 is 1.10 bits per heavy atom. The Labute approximate surface area is 185 Å². The number of benzene rings is 2. The van der Waals surface area contributed by atoms with Gasteiger partial charge >= 0.3 is 0 Å². The molecule has 156 valence electrons. The largest absolute Gasteiger partial charge is 0.339 e. The fourth-order valence-corrected chi connectivity index (χ4v) is 4.09. The number of amides is 1. The van der Waals surface area contributed by atoms with Gasteiger partial charge in [0.2, 0.25) is 11.7 Å². The molecule has 6 heteroatoms. The summed E-state index contributed by atoms with van der Waals surface area (Å²) >= 11 is 3.44. The topological polar surface area (TPSA) is 59.2 Å². The summed E-state index contributed by atoms with van der Waals surface area (Å²) in [5, 5.41) is 4.14. The van der Waals surface area contributed by atoms with E-state index in [0.29, 0.717) is 24.8 Å². The first-order chi connectivity index (χ1) is 14.6. The Bertz CT molecular complexity index is 974. The predicted octanol–water partition coefficient (Wildman–Crippen LogP) is 5.86. The number of aryl methyl sites for hydroxylation is 1. The molecule has 0 atom stereocenters. The van der Waals surface area contributed by atoms with E-state index in [1.54, 1.807) is 0 Å². The molecule has 3 aromatic rings. The van der Waals surface area contributed by atoms with E-state index in [4.69, 9.17) is 4.52 Å². The summed E-state index contributed by atoms with van der Waals surface area (Å²) in [4.78, 5) is 19.4. The second kappa shape index (κ2) is 9.56. The van der Waals surface area contributed by atoms with Gasteiger partial charge in [-0.15, -0.1) is 0 Å². The van der Waals surface area contributed by atoms with Gasteiger partial charge in [-0.1, -0.05) is 46.6 Å². The third kappa shape index (κ3) is 4.81. The third-order valence-corrected chi connectivity index (χ3v) is 6.22. The van der Waals surface area contributed by atoms with Crippen molar-refractivity contribution in [1.29, 1.82) is 0 Å². The van der Waals surface area contributed by atoms with E-state index < -0.39 is 0 Å². The summed E-state index contributed by atoms with van der Waals surface area (Å²) in [5.41, 5.74) is 3.00. The molecule has 2 heterocycles. The second-order valence-electron chi connectivity index (χ2n) is 7.83. The minimum absolute atomic E-state index is 0.108. The number of unbranched alkanes of at least 4 members (excludes halogenated alkanes) is 1. The van der Waals surface area contributed by atoms with Crippen molar-refractivity contribution < 1.29 is 9.32 Å². The van der Waals surface area contributed by atoms with E-state index in [0.717, 1.165) is 34.9 Å². The van der Waals surface area contributed by atoms with Crippen LogP contribution in [0.25, 0.3) is 11.4 Å². The molecule has 2 aromatic carbocycles. The molecular formula is C24H26BrN3O2. The van der Waals surface area contributed by atoms with Crippen molar-refractivity contribution in [3.05, 3.63) is 70.0 Å². The van der Waals surface area contributed by atoms with Crippen molar-refractivity contribution in [2.24, 2.45) is 0 Å². The minimum Gasteiger partial charge on any atom is -0.339 e. The maximum atomic E-state index is 12.9. The number of hydrogen-bond acceptors (Lipinski definition) is 4.